The zero-order valence-electron chi connectivity index (χ0n) is 16.4. The van der Waals surface area contributed by atoms with Crippen molar-refractivity contribution in [1.29, 1.82) is 0 Å². The monoisotopic (exact) mass is 379 g/mol. The van der Waals surface area contributed by atoms with E-state index in [1.54, 1.807) is 6.92 Å². The van der Waals surface area contributed by atoms with Gasteiger partial charge in [0.1, 0.15) is 11.7 Å². The highest BCUT2D eigenvalue weighted by Gasteiger charge is 2.72. The third-order valence-electron chi connectivity index (χ3n) is 7.15. The number of fused-ring (bicyclic) bond motifs is 1. The van der Waals surface area contributed by atoms with Crippen LogP contribution in [0.1, 0.15) is 65.7 Å². The van der Waals surface area contributed by atoms with Gasteiger partial charge in [-0.05, 0) is 31.6 Å². The quantitative estimate of drug-likeness (QED) is 0.684. The molecule has 0 radical (unpaired) electrons. The van der Waals surface area contributed by atoms with Gasteiger partial charge in [-0.15, -0.1) is 0 Å². The molecule has 150 valence electrons. The molecule has 2 heterocycles. The minimum absolute atomic E-state index is 0.0364. The van der Waals surface area contributed by atoms with Crippen LogP contribution in [0.4, 0.5) is 0 Å². The maximum absolute atomic E-state index is 12.6. The highest BCUT2D eigenvalue weighted by molar-refractivity contribution is 5.75. The van der Waals surface area contributed by atoms with Crippen molar-refractivity contribution >= 4 is 17.8 Å². The largest absolute Gasteiger partial charge is 0.459 e. The average molecular weight is 379 g/mol. The number of ether oxygens (including phenoxy) is 3. The summed E-state index contributed by atoms with van der Waals surface area (Å²) in [5.74, 6) is -0.716. The lowest BCUT2D eigenvalue weighted by Crippen LogP contribution is -2.67. The number of carbonyl (C=O) groups is 3. The minimum atomic E-state index is -0.773. The molecule has 0 N–H and O–H groups in total. The molecule has 4 fully saturated rings. The third kappa shape index (κ3) is 2.85. The van der Waals surface area contributed by atoms with Crippen LogP contribution < -0.4 is 0 Å². The van der Waals surface area contributed by atoms with Gasteiger partial charge in [0.15, 0.2) is 0 Å². The highest BCUT2D eigenvalue weighted by atomic mass is 16.7. The Morgan fingerprint density at radius 2 is 1.67 bits per heavy atom. The molecule has 0 aromatic rings. The fourth-order valence-corrected chi connectivity index (χ4v) is 6.23. The predicted molar refractivity (Wildman–Crippen MR) is 94.3 cm³/mol. The number of likely N-dealkylation sites (tertiary alicyclic amines) is 1. The summed E-state index contributed by atoms with van der Waals surface area (Å²) in [5, 5.41) is 0. The number of carbonyl (C=O) groups excluding carboxylic acids is 3. The summed E-state index contributed by atoms with van der Waals surface area (Å²) in [4.78, 5) is 37.8. The summed E-state index contributed by atoms with van der Waals surface area (Å²) in [6, 6.07) is 0. The van der Waals surface area contributed by atoms with E-state index >= 15 is 0 Å². The van der Waals surface area contributed by atoms with Gasteiger partial charge in [0, 0.05) is 26.3 Å². The van der Waals surface area contributed by atoms with Crippen molar-refractivity contribution in [3.63, 3.8) is 0 Å². The van der Waals surface area contributed by atoms with E-state index in [-0.39, 0.29) is 29.3 Å². The number of hydrogen-bond donors (Lipinski definition) is 0. The van der Waals surface area contributed by atoms with Gasteiger partial charge < -0.3 is 19.1 Å². The van der Waals surface area contributed by atoms with Crippen LogP contribution >= 0.6 is 0 Å². The molecule has 27 heavy (non-hydrogen) atoms. The average Bonchev–Trinajstić information content (AvgIpc) is 3.01. The summed E-state index contributed by atoms with van der Waals surface area (Å²) < 4.78 is 17.3. The van der Waals surface area contributed by atoms with E-state index in [1.807, 2.05) is 4.90 Å². The van der Waals surface area contributed by atoms with Crippen molar-refractivity contribution in [1.82, 2.24) is 4.90 Å². The van der Waals surface area contributed by atoms with Crippen molar-refractivity contribution in [2.24, 2.45) is 11.8 Å². The number of rotatable bonds is 2. The van der Waals surface area contributed by atoms with E-state index in [0.29, 0.717) is 6.54 Å². The van der Waals surface area contributed by atoms with Gasteiger partial charge in [0.25, 0.3) is 0 Å². The topological polar surface area (TPSA) is 82.1 Å². The normalized spacial score (nSPS) is 39.1. The molecule has 2 aliphatic carbocycles. The molecule has 4 aliphatic rings. The number of hydrogen-bond acceptors (Lipinski definition) is 6. The Hall–Kier alpha value is -1.63. The second-order valence-corrected chi connectivity index (χ2v) is 8.77. The first-order valence-electron chi connectivity index (χ1n) is 10.1. The lowest BCUT2D eigenvalue weighted by atomic mass is 9.67. The minimum Gasteiger partial charge on any atom is -0.459 e. The standard InChI is InChI=1S/C20H29NO6/c1-12(22)21-11-20-15(10-19(21)7-5-4-6-8-19)9-16(17(20)25-13(2)23)18(27-20)26-14(3)24/h15-18H,4-11H2,1-3H3. The van der Waals surface area contributed by atoms with Crippen LogP contribution in [0.5, 0.6) is 0 Å². The van der Waals surface area contributed by atoms with Gasteiger partial charge in [-0.2, -0.15) is 0 Å². The third-order valence-corrected chi connectivity index (χ3v) is 7.15. The number of nitrogens with zero attached hydrogens (tertiary/aromatic N) is 1. The van der Waals surface area contributed by atoms with Crippen LogP contribution in [0, 0.1) is 11.8 Å². The highest BCUT2D eigenvalue weighted by Crippen LogP contribution is 2.60. The van der Waals surface area contributed by atoms with Crippen molar-refractivity contribution < 1.29 is 28.6 Å². The van der Waals surface area contributed by atoms with Gasteiger partial charge in [-0.3, -0.25) is 14.4 Å². The first-order valence-corrected chi connectivity index (χ1v) is 10.1. The number of amides is 1. The van der Waals surface area contributed by atoms with Crippen molar-refractivity contribution in [3.05, 3.63) is 0 Å². The number of piperidine rings is 1. The smallest absolute Gasteiger partial charge is 0.304 e. The van der Waals surface area contributed by atoms with Crippen molar-refractivity contribution in [3.8, 4) is 0 Å². The Bertz CT molecular complexity index is 657. The van der Waals surface area contributed by atoms with E-state index in [1.165, 1.54) is 20.3 Å². The molecule has 4 rings (SSSR count). The summed E-state index contributed by atoms with van der Waals surface area (Å²) in [5.41, 5.74) is -0.879. The van der Waals surface area contributed by atoms with Crippen molar-refractivity contribution in [2.75, 3.05) is 6.54 Å². The van der Waals surface area contributed by atoms with E-state index in [4.69, 9.17) is 14.2 Å². The van der Waals surface area contributed by atoms with E-state index < -0.39 is 24.0 Å². The second kappa shape index (κ2) is 6.47. The number of esters is 2. The Morgan fingerprint density at radius 1 is 1.00 bits per heavy atom. The van der Waals surface area contributed by atoms with E-state index in [0.717, 1.165) is 38.5 Å². The molecule has 5 unspecified atom stereocenters. The van der Waals surface area contributed by atoms with Gasteiger partial charge in [0.05, 0.1) is 12.5 Å². The van der Waals surface area contributed by atoms with Gasteiger partial charge in [0.2, 0.25) is 12.2 Å². The molecular formula is C20H29NO6. The molecule has 2 saturated carbocycles. The van der Waals surface area contributed by atoms with Crippen LogP contribution in [0.15, 0.2) is 0 Å². The van der Waals surface area contributed by atoms with Gasteiger partial charge in [-0.25, -0.2) is 0 Å². The fraction of sp³-hybridized carbons (Fsp3) is 0.850. The second-order valence-electron chi connectivity index (χ2n) is 8.77. The molecule has 2 saturated heterocycles. The first-order chi connectivity index (χ1) is 12.8. The SMILES string of the molecule is CC(=O)OC1OC23CN(C(C)=O)C4(CCCCC4)CC2CC1C3OC(C)=O. The van der Waals surface area contributed by atoms with Gasteiger partial charge in [-0.1, -0.05) is 19.3 Å². The van der Waals surface area contributed by atoms with E-state index in [2.05, 4.69) is 0 Å². The Labute approximate surface area is 159 Å². The zero-order chi connectivity index (χ0) is 19.4. The van der Waals surface area contributed by atoms with Crippen LogP contribution in [0.3, 0.4) is 0 Å². The van der Waals surface area contributed by atoms with E-state index in [9.17, 15) is 14.4 Å². The molecule has 1 amide bonds. The Kier molecular flexibility index (Phi) is 4.48. The lowest BCUT2D eigenvalue weighted by molar-refractivity contribution is -0.244. The summed E-state index contributed by atoms with van der Waals surface area (Å²) in [6.45, 7) is 4.75. The van der Waals surface area contributed by atoms with Crippen LogP contribution in [-0.4, -0.2) is 52.8 Å². The maximum atomic E-state index is 12.6. The van der Waals surface area contributed by atoms with Crippen molar-refractivity contribution in [2.45, 2.75) is 89.3 Å². The molecule has 7 heteroatoms. The molecule has 2 aliphatic heterocycles. The summed E-state index contributed by atoms with van der Waals surface area (Å²) in [7, 11) is 0. The first kappa shape index (κ1) is 18.7. The molecule has 0 aromatic heterocycles. The van der Waals surface area contributed by atoms with Gasteiger partial charge >= 0.3 is 11.9 Å². The lowest BCUT2D eigenvalue weighted by Gasteiger charge is -2.57. The molecular weight excluding hydrogens is 350 g/mol. The Morgan fingerprint density at radius 3 is 2.26 bits per heavy atom. The maximum Gasteiger partial charge on any atom is 0.304 e. The summed E-state index contributed by atoms with van der Waals surface area (Å²) in [6.07, 6.45) is 6.01. The van der Waals surface area contributed by atoms with Crippen LogP contribution in [0.25, 0.3) is 0 Å². The zero-order valence-corrected chi connectivity index (χ0v) is 16.4. The fourth-order valence-electron chi connectivity index (χ4n) is 6.23. The molecule has 5 atom stereocenters. The Balaban J connectivity index is 1.68. The predicted octanol–water partition coefficient (Wildman–Crippen LogP) is 2.17. The molecule has 0 aromatic carbocycles. The van der Waals surface area contributed by atoms with Crippen LogP contribution in [-0.2, 0) is 28.6 Å². The molecule has 2 bridgehead atoms. The van der Waals surface area contributed by atoms with Crippen LogP contribution in [0.2, 0.25) is 0 Å². The molecule has 7 nitrogen and oxygen atoms in total. The summed E-state index contributed by atoms with van der Waals surface area (Å²) >= 11 is 0. The molecule has 2 spiro atoms.